The number of benzene rings is 3. The molecule has 1 aliphatic heterocycles. The summed E-state index contributed by atoms with van der Waals surface area (Å²) in [5.41, 5.74) is 7.30. The highest BCUT2D eigenvalue weighted by molar-refractivity contribution is 6.09. The van der Waals surface area contributed by atoms with Gasteiger partial charge >= 0.3 is 0 Å². The number of piperazine rings is 1. The Kier molecular flexibility index (Phi) is 9.01. The van der Waals surface area contributed by atoms with E-state index in [2.05, 4.69) is 85.3 Å². The number of carbonyl (C=O) groups is 1. The number of rotatable bonds is 9. The van der Waals surface area contributed by atoms with E-state index >= 15 is 0 Å². The lowest BCUT2D eigenvalue weighted by Gasteiger charge is -2.36. The van der Waals surface area contributed by atoms with E-state index in [9.17, 15) is 4.79 Å². The summed E-state index contributed by atoms with van der Waals surface area (Å²) in [5.74, 6) is 0.700. The van der Waals surface area contributed by atoms with Gasteiger partial charge in [0.05, 0.1) is 6.61 Å². The summed E-state index contributed by atoms with van der Waals surface area (Å²) < 4.78 is 5.21. The van der Waals surface area contributed by atoms with Gasteiger partial charge in [0.2, 0.25) is 0 Å². The molecule has 0 radical (unpaired) electrons. The Morgan fingerprint density at radius 2 is 1.54 bits per heavy atom. The second kappa shape index (κ2) is 12.4. The van der Waals surface area contributed by atoms with Crippen LogP contribution in [0.3, 0.4) is 0 Å². The first-order valence-corrected chi connectivity index (χ1v) is 13.5. The van der Waals surface area contributed by atoms with Gasteiger partial charge in [-0.3, -0.25) is 9.69 Å². The number of hydrogen-bond donors (Lipinski definition) is 1. The van der Waals surface area contributed by atoms with Gasteiger partial charge in [0.1, 0.15) is 0 Å². The molecule has 0 aromatic heterocycles. The van der Waals surface area contributed by atoms with Crippen LogP contribution in [0.5, 0.6) is 0 Å². The summed E-state index contributed by atoms with van der Waals surface area (Å²) in [7, 11) is 1.75. The van der Waals surface area contributed by atoms with Gasteiger partial charge in [0.25, 0.3) is 5.91 Å². The van der Waals surface area contributed by atoms with Crippen molar-refractivity contribution >= 4 is 17.3 Å². The van der Waals surface area contributed by atoms with Gasteiger partial charge in [-0.2, -0.15) is 0 Å². The molecule has 1 N–H and O–H groups in total. The number of carbonyl (C=O) groups excluding carboxylic acids is 1. The van der Waals surface area contributed by atoms with Crippen molar-refractivity contribution in [3.8, 4) is 11.1 Å². The van der Waals surface area contributed by atoms with Crippen LogP contribution in [0.25, 0.3) is 11.1 Å². The normalized spacial score (nSPS) is 14.4. The van der Waals surface area contributed by atoms with Crippen molar-refractivity contribution in [2.75, 3.05) is 56.7 Å². The smallest absolute Gasteiger partial charge is 0.256 e. The summed E-state index contributed by atoms with van der Waals surface area (Å²) in [6.45, 7) is 14.6. The molecule has 1 saturated heterocycles. The first-order valence-electron chi connectivity index (χ1n) is 13.5. The Balaban J connectivity index is 1.50. The molecule has 0 spiro atoms. The van der Waals surface area contributed by atoms with Crippen LogP contribution in [0.4, 0.5) is 11.4 Å². The zero-order chi connectivity index (χ0) is 26.4. The van der Waals surface area contributed by atoms with Crippen LogP contribution in [-0.2, 0) is 4.74 Å². The first kappa shape index (κ1) is 26.9. The molecule has 37 heavy (non-hydrogen) atoms. The number of methoxy groups -OCH3 is 1. The third-order valence-corrected chi connectivity index (χ3v) is 7.30. The molecule has 3 aromatic rings. The maximum Gasteiger partial charge on any atom is 0.256 e. The second-order valence-corrected chi connectivity index (χ2v) is 10.5. The average Bonchev–Trinajstić information content (AvgIpc) is 2.92. The molecule has 0 saturated carbocycles. The fourth-order valence-electron chi connectivity index (χ4n) is 5.00. The highest BCUT2D eigenvalue weighted by Crippen LogP contribution is 2.34. The maximum absolute atomic E-state index is 13.5. The molecule has 1 heterocycles. The van der Waals surface area contributed by atoms with Crippen LogP contribution >= 0.6 is 0 Å². The largest absolute Gasteiger partial charge is 0.383 e. The third kappa shape index (κ3) is 6.60. The topological polar surface area (TPSA) is 44.8 Å². The maximum atomic E-state index is 13.5. The van der Waals surface area contributed by atoms with Crippen LogP contribution in [0, 0.1) is 0 Å². The number of ether oxygens (including phenoxy) is 1. The van der Waals surface area contributed by atoms with E-state index in [-0.39, 0.29) is 5.91 Å². The van der Waals surface area contributed by atoms with Crippen molar-refractivity contribution in [1.29, 1.82) is 0 Å². The van der Waals surface area contributed by atoms with Crippen LogP contribution < -0.4 is 10.2 Å². The Hall–Kier alpha value is -3.15. The Morgan fingerprint density at radius 1 is 0.865 bits per heavy atom. The first-order chi connectivity index (χ1) is 17.9. The monoisotopic (exact) mass is 499 g/mol. The van der Waals surface area contributed by atoms with Gasteiger partial charge in [-0.15, -0.1) is 0 Å². The third-order valence-electron chi connectivity index (χ3n) is 7.30. The molecule has 3 aromatic carbocycles. The summed E-state index contributed by atoms with van der Waals surface area (Å²) in [4.78, 5) is 18.4. The van der Waals surface area contributed by atoms with Crippen molar-refractivity contribution in [2.24, 2.45) is 0 Å². The lowest BCUT2D eigenvalue weighted by molar-refractivity contribution is 0.102. The summed E-state index contributed by atoms with van der Waals surface area (Å²) in [5, 5.41) is 3.14. The molecule has 0 aliphatic carbocycles. The Bertz CT molecular complexity index is 1160. The van der Waals surface area contributed by atoms with Crippen molar-refractivity contribution in [1.82, 2.24) is 4.90 Å². The van der Waals surface area contributed by atoms with Crippen LogP contribution in [0.15, 0.2) is 66.7 Å². The van der Waals surface area contributed by atoms with Gasteiger partial charge in [0.15, 0.2) is 0 Å². The Labute approximate surface area is 222 Å². The number of amides is 1. The van der Waals surface area contributed by atoms with Crippen molar-refractivity contribution in [2.45, 2.75) is 39.5 Å². The molecule has 4 rings (SSSR count). The molecule has 1 amide bonds. The molecule has 1 aliphatic rings. The number of nitrogens with one attached hydrogen (secondary N) is 1. The van der Waals surface area contributed by atoms with Crippen LogP contribution in [0.2, 0.25) is 0 Å². The van der Waals surface area contributed by atoms with E-state index in [0.29, 0.717) is 17.4 Å². The van der Waals surface area contributed by atoms with Crippen LogP contribution in [0.1, 0.15) is 61.0 Å². The molecule has 0 unspecified atom stereocenters. The van der Waals surface area contributed by atoms with Gasteiger partial charge in [-0.25, -0.2) is 0 Å². The fraction of sp³-hybridized carbons (Fsp3) is 0.406. The zero-order valence-electron chi connectivity index (χ0n) is 23.0. The van der Waals surface area contributed by atoms with Crippen LogP contribution in [-0.4, -0.2) is 57.2 Å². The molecule has 1 fully saturated rings. The van der Waals surface area contributed by atoms with E-state index in [1.165, 1.54) is 16.8 Å². The Morgan fingerprint density at radius 3 is 2.14 bits per heavy atom. The SMILES string of the molecule is COCCN1CCN(c2ccc(NC(=O)c3cccc(C(C)C)c3-c3ccc(C(C)C)cc3)cc2)CC1. The summed E-state index contributed by atoms with van der Waals surface area (Å²) in [6, 6.07) is 22.9. The quantitative estimate of drug-likeness (QED) is 0.359. The zero-order valence-corrected chi connectivity index (χ0v) is 23.0. The summed E-state index contributed by atoms with van der Waals surface area (Å²) in [6.07, 6.45) is 0. The molecule has 0 bridgehead atoms. The van der Waals surface area contributed by atoms with Gasteiger partial charge in [0, 0.05) is 56.8 Å². The van der Waals surface area contributed by atoms with E-state index in [1.54, 1.807) is 7.11 Å². The van der Waals surface area contributed by atoms with E-state index in [0.717, 1.165) is 56.1 Å². The minimum Gasteiger partial charge on any atom is -0.383 e. The summed E-state index contributed by atoms with van der Waals surface area (Å²) >= 11 is 0. The lowest BCUT2D eigenvalue weighted by Crippen LogP contribution is -2.47. The average molecular weight is 500 g/mol. The lowest BCUT2D eigenvalue weighted by atomic mass is 9.87. The highest BCUT2D eigenvalue weighted by atomic mass is 16.5. The molecular formula is C32H41N3O2. The van der Waals surface area contributed by atoms with Gasteiger partial charge < -0.3 is 15.0 Å². The van der Waals surface area contributed by atoms with Crippen molar-refractivity contribution in [3.05, 3.63) is 83.4 Å². The van der Waals surface area contributed by atoms with Crippen molar-refractivity contribution in [3.63, 3.8) is 0 Å². The van der Waals surface area contributed by atoms with E-state index in [4.69, 9.17) is 4.74 Å². The molecule has 0 atom stereocenters. The van der Waals surface area contributed by atoms with Crippen molar-refractivity contribution < 1.29 is 9.53 Å². The van der Waals surface area contributed by atoms with Gasteiger partial charge in [-0.05, 0) is 64.4 Å². The predicted octanol–water partition coefficient (Wildman–Crippen LogP) is 6.62. The minimum absolute atomic E-state index is 0.0788. The number of anilines is 2. The molecule has 196 valence electrons. The highest BCUT2D eigenvalue weighted by Gasteiger charge is 2.20. The number of nitrogens with zero attached hydrogens (tertiary/aromatic N) is 2. The molecular weight excluding hydrogens is 458 g/mol. The molecule has 5 nitrogen and oxygen atoms in total. The second-order valence-electron chi connectivity index (χ2n) is 10.5. The van der Waals surface area contributed by atoms with E-state index in [1.807, 2.05) is 24.3 Å². The van der Waals surface area contributed by atoms with Gasteiger partial charge in [-0.1, -0.05) is 64.1 Å². The standard InChI is InChI=1S/C32H41N3O2/c1-23(2)25-9-11-26(12-10-25)31-29(24(3)4)7-6-8-30(31)32(36)33-27-13-15-28(16-14-27)35-19-17-34(18-20-35)21-22-37-5/h6-16,23-24H,17-22H2,1-5H3,(H,33,36). The molecule has 5 heteroatoms. The predicted molar refractivity (Wildman–Crippen MR) is 155 cm³/mol. The number of hydrogen-bond acceptors (Lipinski definition) is 4. The fourth-order valence-corrected chi connectivity index (χ4v) is 5.00. The minimum atomic E-state index is -0.0788. The van der Waals surface area contributed by atoms with E-state index < -0.39 is 0 Å².